The van der Waals surface area contributed by atoms with E-state index in [9.17, 15) is 9.59 Å². The van der Waals surface area contributed by atoms with Crippen molar-refractivity contribution in [3.63, 3.8) is 0 Å². The van der Waals surface area contributed by atoms with E-state index in [0.29, 0.717) is 9.16 Å². The molecule has 0 aromatic heterocycles. The molecule has 0 spiro atoms. The van der Waals surface area contributed by atoms with Crippen molar-refractivity contribution in [2.24, 2.45) is 0 Å². The molecule has 0 saturated carbocycles. The van der Waals surface area contributed by atoms with Crippen LogP contribution in [0, 0.1) is 0 Å². The molecule has 0 aromatic carbocycles. The molecular formula is C18H28O2S8. The Hall–Kier alpha value is 2.14. The zero-order valence-corrected chi connectivity index (χ0v) is 22.4. The topological polar surface area (TPSA) is 34.1 Å². The molecule has 4 aliphatic rings. The van der Waals surface area contributed by atoms with Crippen molar-refractivity contribution in [1.29, 1.82) is 0 Å². The van der Waals surface area contributed by atoms with Gasteiger partial charge in [0.1, 0.15) is 20.7 Å². The highest BCUT2D eigenvalue weighted by molar-refractivity contribution is 8.26. The third-order valence-corrected chi connectivity index (χ3v) is 18.7. The van der Waals surface area contributed by atoms with Gasteiger partial charge in [0.25, 0.3) is 0 Å². The third-order valence-electron chi connectivity index (χ3n) is 4.53. The Bertz CT molecular complexity index is 438. The Balaban J connectivity index is 0.000000161. The van der Waals surface area contributed by atoms with Gasteiger partial charge in [-0.25, -0.2) is 0 Å². The maximum absolute atomic E-state index is 11.3. The zero-order valence-electron chi connectivity index (χ0n) is 15.9. The Labute approximate surface area is 203 Å². The molecule has 2 nitrogen and oxygen atoms in total. The van der Waals surface area contributed by atoms with Gasteiger partial charge < -0.3 is 9.59 Å². The molecule has 4 heterocycles. The summed E-state index contributed by atoms with van der Waals surface area (Å²) in [5, 5.41) is 0. The number of carbonyl (C=O) groups is 2. The van der Waals surface area contributed by atoms with Crippen molar-refractivity contribution in [2.75, 3.05) is 46.0 Å². The van der Waals surface area contributed by atoms with Gasteiger partial charge in [-0.3, -0.25) is 0 Å². The summed E-state index contributed by atoms with van der Waals surface area (Å²) < 4.78 is 0.718. The molecule has 160 valence electrons. The maximum atomic E-state index is 11.3. The van der Waals surface area contributed by atoms with Gasteiger partial charge in [0.15, 0.2) is 0 Å². The van der Waals surface area contributed by atoms with Crippen LogP contribution in [0.2, 0.25) is 0 Å². The molecule has 0 aromatic rings. The lowest BCUT2D eigenvalue weighted by molar-refractivity contribution is -0.108. The lowest BCUT2D eigenvalue weighted by Gasteiger charge is -2.38. The minimum Gasteiger partial charge on any atom is -0.301 e. The van der Waals surface area contributed by atoms with Crippen LogP contribution in [0.3, 0.4) is 0 Å². The molecular weight excluding hydrogens is 505 g/mol. The van der Waals surface area contributed by atoms with E-state index in [1.54, 1.807) is 0 Å². The zero-order chi connectivity index (χ0) is 19.7. The Kier molecular flexibility index (Phi) is 11.5. The van der Waals surface area contributed by atoms with Gasteiger partial charge in [0.2, 0.25) is 0 Å². The number of hydrogen-bond donors (Lipinski definition) is 0. The number of aldehydes is 2. The molecule has 0 atom stereocenters. The highest BCUT2D eigenvalue weighted by atomic mass is 32.2. The number of thioether (sulfide) groups is 8. The SMILES string of the molecule is O=CC1(C2SCCCS2)SCCCS1.O=CC1(C2SCCCS2)SCCCS1. The number of carbonyl (C=O) groups excluding carboxylic acids is 2. The molecule has 4 rings (SSSR count). The van der Waals surface area contributed by atoms with Gasteiger partial charge in [-0.2, -0.15) is 0 Å². The van der Waals surface area contributed by atoms with Crippen molar-refractivity contribution in [3.05, 3.63) is 0 Å². The van der Waals surface area contributed by atoms with Crippen LogP contribution in [0.1, 0.15) is 25.7 Å². The third kappa shape index (κ3) is 6.58. The molecule has 0 unspecified atom stereocenters. The van der Waals surface area contributed by atoms with Gasteiger partial charge in [0.05, 0.1) is 9.16 Å². The van der Waals surface area contributed by atoms with Gasteiger partial charge in [-0.15, -0.1) is 94.1 Å². The van der Waals surface area contributed by atoms with Crippen LogP contribution >= 0.6 is 94.1 Å². The average Bonchev–Trinajstić information content (AvgIpc) is 2.81. The molecule has 28 heavy (non-hydrogen) atoms. The van der Waals surface area contributed by atoms with E-state index in [2.05, 4.69) is 0 Å². The largest absolute Gasteiger partial charge is 0.301 e. The first-order valence-electron chi connectivity index (χ1n) is 9.69. The van der Waals surface area contributed by atoms with E-state index >= 15 is 0 Å². The summed E-state index contributed by atoms with van der Waals surface area (Å²) >= 11 is 15.4. The summed E-state index contributed by atoms with van der Waals surface area (Å²) in [7, 11) is 0. The van der Waals surface area contributed by atoms with Crippen LogP contribution in [0.15, 0.2) is 0 Å². The lowest BCUT2D eigenvalue weighted by Crippen LogP contribution is -2.38. The van der Waals surface area contributed by atoms with E-state index in [0.717, 1.165) is 23.0 Å². The standard InChI is InChI=1S/2C9H14OS4/c2*10-7-9(13-5-2-6-14-9)8-11-3-1-4-12-8/h2*7-8H,1-6H2. The fourth-order valence-corrected chi connectivity index (χ4v) is 17.2. The summed E-state index contributed by atoms with van der Waals surface area (Å²) in [5.41, 5.74) is 0. The molecule has 0 aliphatic carbocycles. The molecule has 10 heteroatoms. The number of hydrogen-bond acceptors (Lipinski definition) is 10. The number of rotatable bonds is 4. The maximum Gasteiger partial charge on any atom is 0.148 e. The minimum atomic E-state index is -0.131. The van der Waals surface area contributed by atoms with Crippen LogP contribution in [-0.4, -0.2) is 75.9 Å². The molecule has 0 bridgehead atoms. The predicted octanol–water partition coefficient (Wildman–Crippen LogP) is 5.90. The highest BCUT2D eigenvalue weighted by Crippen LogP contribution is 2.53. The van der Waals surface area contributed by atoms with E-state index in [-0.39, 0.29) is 8.16 Å². The summed E-state index contributed by atoms with van der Waals surface area (Å²) in [5.74, 6) is 9.55. The Morgan fingerprint density at radius 3 is 1.07 bits per heavy atom. The van der Waals surface area contributed by atoms with Crippen LogP contribution in [0.5, 0.6) is 0 Å². The van der Waals surface area contributed by atoms with Crippen molar-refractivity contribution in [3.8, 4) is 0 Å². The van der Waals surface area contributed by atoms with Crippen molar-refractivity contribution < 1.29 is 9.59 Å². The summed E-state index contributed by atoms with van der Waals surface area (Å²) in [6.07, 6.45) is 7.53. The highest BCUT2D eigenvalue weighted by Gasteiger charge is 2.44. The van der Waals surface area contributed by atoms with Crippen molar-refractivity contribution >= 4 is 107 Å². The van der Waals surface area contributed by atoms with Crippen LogP contribution < -0.4 is 0 Å². The van der Waals surface area contributed by atoms with Gasteiger partial charge in [-0.05, 0) is 71.7 Å². The molecule has 0 amide bonds. The molecule has 4 saturated heterocycles. The summed E-state index contributed by atoms with van der Waals surface area (Å²) in [4.78, 5) is 22.6. The van der Waals surface area contributed by atoms with Gasteiger partial charge >= 0.3 is 0 Å². The first-order chi connectivity index (χ1) is 13.7. The van der Waals surface area contributed by atoms with E-state index < -0.39 is 0 Å². The second-order valence-corrected chi connectivity index (χ2v) is 18.1. The van der Waals surface area contributed by atoms with Crippen molar-refractivity contribution in [2.45, 2.75) is 43.0 Å². The van der Waals surface area contributed by atoms with E-state index in [1.807, 2.05) is 94.1 Å². The second-order valence-electron chi connectivity index (χ2n) is 6.63. The second kappa shape index (κ2) is 13.0. The molecule has 4 aliphatic heterocycles. The quantitative estimate of drug-likeness (QED) is 0.408. The van der Waals surface area contributed by atoms with Gasteiger partial charge in [0, 0.05) is 0 Å². The Morgan fingerprint density at radius 2 is 0.786 bits per heavy atom. The minimum absolute atomic E-state index is 0.131. The first-order valence-corrected chi connectivity index (χ1v) is 17.8. The molecule has 0 N–H and O–H groups in total. The Morgan fingerprint density at radius 1 is 0.500 bits per heavy atom. The van der Waals surface area contributed by atoms with E-state index in [4.69, 9.17) is 0 Å². The summed E-state index contributed by atoms with van der Waals surface area (Å²) in [6.45, 7) is 0. The van der Waals surface area contributed by atoms with Crippen LogP contribution in [-0.2, 0) is 9.59 Å². The normalized spacial score (nSPS) is 28.6. The first kappa shape index (κ1) is 24.8. The lowest BCUT2D eigenvalue weighted by atomic mass is 10.5. The fraction of sp³-hybridized carbons (Fsp3) is 0.889. The average molecular weight is 533 g/mol. The van der Waals surface area contributed by atoms with Crippen LogP contribution in [0.4, 0.5) is 0 Å². The van der Waals surface area contributed by atoms with Gasteiger partial charge in [-0.1, -0.05) is 0 Å². The van der Waals surface area contributed by atoms with E-state index in [1.165, 1.54) is 61.3 Å². The fourth-order valence-electron chi connectivity index (χ4n) is 3.09. The van der Waals surface area contributed by atoms with Crippen molar-refractivity contribution in [1.82, 2.24) is 0 Å². The summed E-state index contributed by atoms with van der Waals surface area (Å²) in [6, 6.07) is 0. The smallest absolute Gasteiger partial charge is 0.148 e. The molecule has 0 radical (unpaired) electrons. The van der Waals surface area contributed by atoms with Crippen LogP contribution in [0.25, 0.3) is 0 Å². The molecule has 4 fully saturated rings. The predicted molar refractivity (Wildman–Crippen MR) is 143 cm³/mol. The monoisotopic (exact) mass is 532 g/mol.